The Kier molecular flexibility index (Phi) is 5.06. The number of carboxylic acid groups (broad SMARTS) is 1. The van der Waals surface area contributed by atoms with E-state index in [9.17, 15) is 9.59 Å². The van der Waals surface area contributed by atoms with E-state index in [0.717, 1.165) is 30.6 Å². The third kappa shape index (κ3) is 3.76. The smallest absolute Gasteiger partial charge is 0.316 e. The molecule has 0 spiro atoms. The minimum absolute atomic E-state index is 0.0542. The first kappa shape index (κ1) is 14.9. The molecule has 1 aromatic carbocycles. The van der Waals surface area contributed by atoms with E-state index in [1.165, 1.54) is 11.8 Å². The van der Waals surface area contributed by atoms with Crippen LogP contribution in [0.3, 0.4) is 0 Å². The van der Waals surface area contributed by atoms with E-state index >= 15 is 0 Å². The van der Waals surface area contributed by atoms with Crippen molar-refractivity contribution in [2.24, 2.45) is 5.92 Å². The van der Waals surface area contributed by atoms with Crippen LogP contribution < -0.4 is 5.32 Å². The molecule has 1 aliphatic carbocycles. The maximum Gasteiger partial charge on any atom is 0.316 e. The molecule has 2 N–H and O–H groups in total. The molecule has 4 nitrogen and oxygen atoms in total. The van der Waals surface area contributed by atoms with Crippen LogP contribution in [-0.2, 0) is 9.59 Å². The number of para-hydroxylation sites is 1. The summed E-state index contributed by atoms with van der Waals surface area (Å²) in [6, 6.07) is 7.36. The SMILES string of the molecule is C[C@H](Sc1ccccc1NC(=O)C1CCCC1)C(=O)O. The molecule has 2 rings (SSSR count). The second-order valence-corrected chi connectivity index (χ2v) is 6.45. The molecule has 108 valence electrons. The zero-order valence-electron chi connectivity index (χ0n) is 11.5. The summed E-state index contributed by atoms with van der Waals surface area (Å²) in [5.74, 6) is -0.699. The average molecular weight is 293 g/mol. The highest BCUT2D eigenvalue weighted by molar-refractivity contribution is 8.00. The number of carboxylic acids is 1. The van der Waals surface area contributed by atoms with Crippen LogP contribution in [0.1, 0.15) is 32.6 Å². The van der Waals surface area contributed by atoms with Gasteiger partial charge in [0.15, 0.2) is 0 Å². The van der Waals surface area contributed by atoms with Crippen LogP contribution in [0.2, 0.25) is 0 Å². The van der Waals surface area contributed by atoms with Gasteiger partial charge in [0.05, 0.1) is 5.69 Å². The standard InChI is InChI=1S/C15H19NO3S/c1-10(15(18)19)20-13-9-5-4-8-12(13)16-14(17)11-6-2-3-7-11/h4-5,8-11H,2-3,6-7H2,1H3,(H,16,17)(H,18,19)/t10-/m0/s1. The number of hydrogen-bond acceptors (Lipinski definition) is 3. The van der Waals surface area contributed by atoms with Crippen LogP contribution in [0, 0.1) is 5.92 Å². The number of benzene rings is 1. The molecule has 1 amide bonds. The van der Waals surface area contributed by atoms with Gasteiger partial charge in [0.25, 0.3) is 0 Å². The number of aliphatic carboxylic acids is 1. The van der Waals surface area contributed by atoms with Crippen molar-refractivity contribution >= 4 is 29.3 Å². The number of carbonyl (C=O) groups excluding carboxylic acids is 1. The van der Waals surface area contributed by atoms with Crippen LogP contribution in [-0.4, -0.2) is 22.2 Å². The average Bonchev–Trinajstić information content (AvgIpc) is 2.94. The first-order valence-electron chi connectivity index (χ1n) is 6.87. The third-order valence-electron chi connectivity index (χ3n) is 3.52. The van der Waals surface area contributed by atoms with Crippen LogP contribution in [0.5, 0.6) is 0 Å². The largest absolute Gasteiger partial charge is 0.480 e. The number of amides is 1. The number of thioether (sulfide) groups is 1. The molecule has 5 heteroatoms. The van der Waals surface area contributed by atoms with Gasteiger partial charge < -0.3 is 10.4 Å². The van der Waals surface area contributed by atoms with Crippen molar-refractivity contribution in [3.63, 3.8) is 0 Å². The molecule has 1 atom stereocenters. The van der Waals surface area contributed by atoms with Crippen molar-refractivity contribution in [3.8, 4) is 0 Å². The van der Waals surface area contributed by atoms with Crippen molar-refractivity contribution in [1.29, 1.82) is 0 Å². The molecule has 1 aliphatic rings. The number of anilines is 1. The fourth-order valence-electron chi connectivity index (χ4n) is 2.34. The first-order chi connectivity index (χ1) is 9.58. The molecule has 0 aromatic heterocycles. The maximum atomic E-state index is 12.1. The molecular formula is C15H19NO3S. The number of nitrogens with one attached hydrogen (secondary N) is 1. The number of hydrogen-bond donors (Lipinski definition) is 2. The van der Waals surface area contributed by atoms with Crippen molar-refractivity contribution in [2.45, 2.75) is 42.8 Å². The van der Waals surface area contributed by atoms with Crippen molar-refractivity contribution < 1.29 is 14.7 Å². The predicted molar refractivity (Wildman–Crippen MR) is 80.0 cm³/mol. The molecule has 20 heavy (non-hydrogen) atoms. The molecule has 0 aliphatic heterocycles. The lowest BCUT2D eigenvalue weighted by molar-refractivity contribution is -0.136. The zero-order chi connectivity index (χ0) is 14.5. The summed E-state index contributed by atoms with van der Waals surface area (Å²) in [5, 5.41) is 11.4. The highest BCUT2D eigenvalue weighted by Crippen LogP contribution is 2.32. The minimum Gasteiger partial charge on any atom is -0.480 e. The molecule has 1 fully saturated rings. The molecular weight excluding hydrogens is 274 g/mol. The van der Waals surface area contributed by atoms with Gasteiger partial charge >= 0.3 is 5.97 Å². The lowest BCUT2D eigenvalue weighted by atomic mass is 10.1. The van der Waals surface area contributed by atoms with Gasteiger partial charge in [-0.25, -0.2) is 0 Å². The highest BCUT2D eigenvalue weighted by atomic mass is 32.2. The first-order valence-corrected chi connectivity index (χ1v) is 7.75. The summed E-state index contributed by atoms with van der Waals surface area (Å²) in [6.07, 6.45) is 4.13. The zero-order valence-corrected chi connectivity index (χ0v) is 12.3. The topological polar surface area (TPSA) is 66.4 Å². The quantitative estimate of drug-likeness (QED) is 0.817. The molecule has 1 saturated carbocycles. The Labute approximate surface area is 123 Å². The van der Waals surface area contributed by atoms with Gasteiger partial charge in [0.2, 0.25) is 5.91 Å². The van der Waals surface area contributed by atoms with E-state index in [2.05, 4.69) is 5.32 Å². The number of rotatable bonds is 5. The van der Waals surface area contributed by atoms with Gasteiger partial charge in [-0.15, -0.1) is 11.8 Å². The molecule has 0 saturated heterocycles. The van der Waals surface area contributed by atoms with Crippen molar-refractivity contribution in [1.82, 2.24) is 0 Å². The van der Waals surface area contributed by atoms with Crippen LogP contribution in [0.4, 0.5) is 5.69 Å². The lowest BCUT2D eigenvalue weighted by Gasteiger charge is -2.15. The van der Waals surface area contributed by atoms with Crippen molar-refractivity contribution in [3.05, 3.63) is 24.3 Å². The summed E-state index contributed by atoms with van der Waals surface area (Å²) < 4.78 is 0. The third-order valence-corrected chi connectivity index (χ3v) is 4.69. The second-order valence-electron chi connectivity index (χ2n) is 5.07. The predicted octanol–water partition coefficient (Wildman–Crippen LogP) is 3.38. The van der Waals surface area contributed by atoms with E-state index in [1.54, 1.807) is 6.92 Å². The Balaban J connectivity index is 2.07. The second kappa shape index (κ2) is 6.79. The molecule has 0 heterocycles. The molecule has 0 unspecified atom stereocenters. The summed E-state index contributed by atoms with van der Waals surface area (Å²) in [4.78, 5) is 23.9. The van der Waals surface area contributed by atoms with Gasteiger partial charge in [-0.1, -0.05) is 25.0 Å². The Hall–Kier alpha value is -1.49. The van der Waals surface area contributed by atoms with E-state index in [-0.39, 0.29) is 11.8 Å². The van der Waals surface area contributed by atoms with E-state index in [4.69, 9.17) is 5.11 Å². The molecule has 0 bridgehead atoms. The van der Waals surface area contributed by atoms with E-state index in [1.807, 2.05) is 24.3 Å². The van der Waals surface area contributed by atoms with Gasteiger partial charge in [0.1, 0.15) is 5.25 Å². The summed E-state index contributed by atoms with van der Waals surface area (Å²) in [6.45, 7) is 1.64. The summed E-state index contributed by atoms with van der Waals surface area (Å²) in [7, 11) is 0. The van der Waals surface area contributed by atoms with Gasteiger partial charge in [-0.05, 0) is 31.9 Å². The summed E-state index contributed by atoms with van der Waals surface area (Å²) >= 11 is 1.25. The fraction of sp³-hybridized carbons (Fsp3) is 0.467. The maximum absolute atomic E-state index is 12.1. The van der Waals surface area contributed by atoms with Gasteiger partial charge in [0, 0.05) is 10.8 Å². The lowest BCUT2D eigenvalue weighted by Crippen LogP contribution is -2.21. The van der Waals surface area contributed by atoms with Crippen LogP contribution >= 0.6 is 11.8 Å². The Morgan fingerprint density at radius 2 is 1.95 bits per heavy atom. The van der Waals surface area contributed by atoms with Crippen molar-refractivity contribution in [2.75, 3.05) is 5.32 Å². The Morgan fingerprint density at radius 1 is 1.30 bits per heavy atom. The minimum atomic E-state index is -0.855. The Bertz CT molecular complexity index is 498. The molecule has 1 aromatic rings. The Morgan fingerprint density at radius 3 is 2.60 bits per heavy atom. The highest BCUT2D eigenvalue weighted by Gasteiger charge is 2.23. The van der Waals surface area contributed by atoms with Gasteiger partial charge in [-0.3, -0.25) is 9.59 Å². The van der Waals surface area contributed by atoms with E-state index in [0.29, 0.717) is 5.69 Å². The number of carbonyl (C=O) groups is 2. The van der Waals surface area contributed by atoms with E-state index < -0.39 is 11.2 Å². The van der Waals surface area contributed by atoms with Gasteiger partial charge in [-0.2, -0.15) is 0 Å². The van der Waals surface area contributed by atoms with Crippen LogP contribution in [0.25, 0.3) is 0 Å². The summed E-state index contributed by atoms with van der Waals surface area (Å²) in [5.41, 5.74) is 0.711. The van der Waals surface area contributed by atoms with Crippen LogP contribution in [0.15, 0.2) is 29.2 Å². The fourth-order valence-corrected chi connectivity index (χ4v) is 3.22. The molecule has 0 radical (unpaired) electrons. The monoisotopic (exact) mass is 293 g/mol. The normalized spacial score (nSPS) is 16.9.